The second-order valence-corrected chi connectivity index (χ2v) is 4.96. The van der Waals surface area contributed by atoms with Gasteiger partial charge in [-0.15, -0.1) is 0 Å². The third-order valence-electron chi connectivity index (χ3n) is 3.09. The van der Waals surface area contributed by atoms with Crippen LogP contribution >= 0.6 is 0 Å². The number of nitrogens with zero attached hydrogens (tertiary/aromatic N) is 1. The van der Waals surface area contributed by atoms with Crippen molar-refractivity contribution in [3.05, 3.63) is 0 Å². The van der Waals surface area contributed by atoms with Crippen LogP contribution in [0.2, 0.25) is 0 Å². The third-order valence-corrected chi connectivity index (χ3v) is 3.09. The van der Waals surface area contributed by atoms with Gasteiger partial charge in [-0.3, -0.25) is 4.79 Å². The number of nitrogens with two attached hydrogens (primary N) is 2. The van der Waals surface area contributed by atoms with Crippen molar-refractivity contribution in [2.75, 3.05) is 13.1 Å². The summed E-state index contributed by atoms with van der Waals surface area (Å²) in [5.41, 5.74) is 10.1. The van der Waals surface area contributed by atoms with E-state index in [1.165, 1.54) is 0 Å². The fourth-order valence-electron chi connectivity index (χ4n) is 1.71. The summed E-state index contributed by atoms with van der Waals surface area (Å²) in [5, 5.41) is 0. The van der Waals surface area contributed by atoms with Gasteiger partial charge in [-0.2, -0.15) is 0 Å². The van der Waals surface area contributed by atoms with Crippen molar-refractivity contribution < 1.29 is 4.79 Å². The molecule has 4 heteroatoms. The molecule has 0 spiro atoms. The van der Waals surface area contributed by atoms with Crippen molar-refractivity contribution in [3.8, 4) is 0 Å². The molecule has 0 aromatic carbocycles. The maximum atomic E-state index is 11.0. The number of carbonyl (C=O) groups is 1. The standard InChI is InChI=1S/C12H27N3O/c1-5-15(10(2)3)9-7-6-8-12(4,14)11(13)16/h10H,5-9,14H2,1-4H3,(H2,13,16). The van der Waals surface area contributed by atoms with Crippen LogP contribution in [-0.2, 0) is 4.79 Å². The normalized spacial score (nSPS) is 15.4. The van der Waals surface area contributed by atoms with Gasteiger partial charge in [0.05, 0.1) is 5.54 Å². The monoisotopic (exact) mass is 229 g/mol. The number of rotatable bonds is 8. The topological polar surface area (TPSA) is 72.3 Å². The quantitative estimate of drug-likeness (QED) is 0.612. The van der Waals surface area contributed by atoms with Gasteiger partial charge in [0, 0.05) is 6.04 Å². The lowest BCUT2D eigenvalue weighted by atomic mass is 9.95. The Morgan fingerprint density at radius 1 is 1.38 bits per heavy atom. The predicted molar refractivity (Wildman–Crippen MR) is 68.0 cm³/mol. The molecule has 4 nitrogen and oxygen atoms in total. The summed E-state index contributed by atoms with van der Waals surface area (Å²) >= 11 is 0. The lowest BCUT2D eigenvalue weighted by Gasteiger charge is -2.25. The van der Waals surface area contributed by atoms with Crippen LogP contribution in [0.15, 0.2) is 0 Å². The smallest absolute Gasteiger partial charge is 0.237 e. The Morgan fingerprint density at radius 3 is 2.31 bits per heavy atom. The summed E-state index contributed by atoms with van der Waals surface area (Å²) in [7, 11) is 0. The van der Waals surface area contributed by atoms with Gasteiger partial charge in [0.25, 0.3) is 0 Å². The Bertz CT molecular complexity index is 214. The number of hydrogen-bond donors (Lipinski definition) is 2. The molecule has 1 atom stereocenters. The molecule has 96 valence electrons. The first-order valence-corrected chi connectivity index (χ1v) is 6.14. The van der Waals surface area contributed by atoms with Crippen molar-refractivity contribution in [1.29, 1.82) is 0 Å². The molecule has 0 fully saturated rings. The minimum Gasteiger partial charge on any atom is -0.368 e. The van der Waals surface area contributed by atoms with Gasteiger partial charge < -0.3 is 16.4 Å². The molecule has 1 unspecified atom stereocenters. The zero-order chi connectivity index (χ0) is 12.8. The van der Waals surface area contributed by atoms with Crippen LogP contribution < -0.4 is 11.5 Å². The summed E-state index contributed by atoms with van der Waals surface area (Å²) < 4.78 is 0. The maximum Gasteiger partial charge on any atom is 0.237 e. The Balaban J connectivity index is 3.79. The number of primary amides is 1. The summed E-state index contributed by atoms with van der Waals surface area (Å²) in [6, 6.07) is 0.574. The first-order valence-electron chi connectivity index (χ1n) is 6.14. The molecule has 0 radical (unpaired) electrons. The molecule has 0 aliphatic carbocycles. The lowest BCUT2D eigenvalue weighted by molar-refractivity contribution is -0.122. The van der Waals surface area contributed by atoms with E-state index in [9.17, 15) is 4.79 Å². The van der Waals surface area contributed by atoms with Crippen LogP contribution in [0.5, 0.6) is 0 Å². The average Bonchev–Trinajstić information content (AvgIpc) is 2.16. The van der Waals surface area contributed by atoms with E-state index in [1.54, 1.807) is 6.92 Å². The van der Waals surface area contributed by atoms with Crippen molar-refractivity contribution in [2.24, 2.45) is 11.5 Å². The first-order chi connectivity index (χ1) is 7.31. The highest BCUT2D eigenvalue weighted by Gasteiger charge is 2.24. The first kappa shape index (κ1) is 15.4. The molecule has 0 aliphatic heterocycles. The third kappa shape index (κ3) is 5.47. The molecule has 4 N–H and O–H groups in total. The van der Waals surface area contributed by atoms with E-state index in [0.29, 0.717) is 12.5 Å². The molecule has 0 rings (SSSR count). The van der Waals surface area contributed by atoms with Crippen LogP contribution in [-0.4, -0.2) is 35.5 Å². The van der Waals surface area contributed by atoms with Crippen molar-refractivity contribution >= 4 is 5.91 Å². The van der Waals surface area contributed by atoms with Crippen LogP contribution in [0.3, 0.4) is 0 Å². The summed E-state index contributed by atoms with van der Waals surface area (Å²) in [6.45, 7) is 10.4. The number of carbonyl (C=O) groups excluding carboxylic acids is 1. The van der Waals surface area contributed by atoms with Gasteiger partial charge in [-0.1, -0.05) is 6.92 Å². The van der Waals surface area contributed by atoms with Crippen LogP contribution in [0.1, 0.15) is 47.0 Å². The predicted octanol–water partition coefficient (Wildman–Crippen LogP) is 1.09. The zero-order valence-electron chi connectivity index (χ0n) is 11.1. The van der Waals surface area contributed by atoms with Crippen molar-refractivity contribution in [3.63, 3.8) is 0 Å². The van der Waals surface area contributed by atoms with Gasteiger partial charge in [-0.25, -0.2) is 0 Å². The van der Waals surface area contributed by atoms with Crippen LogP contribution in [0.4, 0.5) is 0 Å². The van der Waals surface area contributed by atoms with E-state index in [2.05, 4.69) is 25.7 Å². The number of unbranched alkanes of at least 4 members (excludes halogenated alkanes) is 1. The molecular weight excluding hydrogens is 202 g/mol. The molecule has 0 bridgehead atoms. The zero-order valence-corrected chi connectivity index (χ0v) is 11.1. The largest absolute Gasteiger partial charge is 0.368 e. The van der Waals surface area contributed by atoms with Gasteiger partial charge in [0.15, 0.2) is 0 Å². The molecule has 1 amide bonds. The molecule has 0 aliphatic rings. The minimum atomic E-state index is -0.852. The fourth-order valence-corrected chi connectivity index (χ4v) is 1.71. The van der Waals surface area contributed by atoms with Gasteiger partial charge in [0.1, 0.15) is 0 Å². The van der Waals surface area contributed by atoms with E-state index in [4.69, 9.17) is 11.5 Å². The maximum absolute atomic E-state index is 11.0. The second-order valence-electron chi connectivity index (χ2n) is 4.96. The Labute approximate surface area is 99.4 Å². The molecule has 0 heterocycles. The van der Waals surface area contributed by atoms with E-state index in [0.717, 1.165) is 25.9 Å². The van der Waals surface area contributed by atoms with E-state index < -0.39 is 11.4 Å². The van der Waals surface area contributed by atoms with Crippen molar-refractivity contribution in [2.45, 2.75) is 58.5 Å². The number of hydrogen-bond acceptors (Lipinski definition) is 3. The summed E-state index contributed by atoms with van der Waals surface area (Å²) in [5.74, 6) is -0.413. The second kappa shape index (κ2) is 6.86. The SMILES string of the molecule is CCN(CCCCC(C)(N)C(N)=O)C(C)C. The summed E-state index contributed by atoms with van der Waals surface area (Å²) in [6.07, 6.45) is 2.67. The minimum absolute atomic E-state index is 0.413. The lowest BCUT2D eigenvalue weighted by Crippen LogP contribution is -2.49. The van der Waals surface area contributed by atoms with Gasteiger partial charge in [0.2, 0.25) is 5.91 Å². The van der Waals surface area contributed by atoms with Crippen molar-refractivity contribution in [1.82, 2.24) is 4.90 Å². The van der Waals surface area contributed by atoms with Crippen LogP contribution in [0.25, 0.3) is 0 Å². The van der Waals surface area contributed by atoms with E-state index >= 15 is 0 Å². The molecular formula is C12H27N3O. The molecule has 0 aromatic rings. The molecule has 16 heavy (non-hydrogen) atoms. The number of amides is 1. The average molecular weight is 229 g/mol. The molecule has 0 aromatic heterocycles. The molecule has 0 saturated carbocycles. The van der Waals surface area contributed by atoms with E-state index in [1.807, 2.05) is 0 Å². The Morgan fingerprint density at radius 2 is 1.94 bits per heavy atom. The fraction of sp³-hybridized carbons (Fsp3) is 0.917. The molecule has 0 saturated heterocycles. The van der Waals surface area contributed by atoms with Gasteiger partial charge >= 0.3 is 0 Å². The van der Waals surface area contributed by atoms with E-state index in [-0.39, 0.29) is 0 Å². The van der Waals surface area contributed by atoms with Crippen LogP contribution in [0, 0.1) is 0 Å². The Hall–Kier alpha value is -0.610. The highest BCUT2D eigenvalue weighted by atomic mass is 16.1. The Kier molecular flexibility index (Phi) is 6.60. The summed E-state index contributed by atoms with van der Waals surface area (Å²) in [4.78, 5) is 13.4. The highest BCUT2D eigenvalue weighted by Crippen LogP contribution is 2.11. The van der Waals surface area contributed by atoms with Gasteiger partial charge in [-0.05, 0) is 53.1 Å². The highest BCUT2D eigenvalue weighted by molar-refractivity contribution is 5.83.